The van der Waals surface area contributed by atoms with Crippen molar-refractivity contribution in [3.8, 4) is 5.75 Å². The Labute approximate surface area is 179 Å². The van der Waals surface area contributed by atoms with Crippen LogP contribution in [0.15, 0.2) is 35.8 Å². The molecule has 0 spiro atoms. The molecule has 1 aliphatic heterocycles. The minimum Gasteiger partial charge on any atom is -0.508 e. The summed E-state index contributed by atoms with van der Waals surface area (Å²) in [6, 6.07) is 7.37. The molecular weight excluding hydrogens is 398 g/mol. The number of aromatic hydroxyl groups is 1. The summed E-state index contributed by atoms with van der Waals surface area (Å²) in [7, 11) is 0. The molecule has 0 atom stereocenters. The van der Waals surface area contributed by atoms with Gasteiger partial charge in [0, 0.05) is 55.4 Å². The molecule has 8 heteroatoms. The highest BCUT2D eigenvalue weighted by atomic mass is 32.1. The number of fused-ring (bicyclic) bond motifs is 1. The molecule has 3 aromatic rings. The maximum Gasteiger partial charge on any atom is 0.272 e. The maximum atomic E-state index is 13.0. The van der Waals surface area contributed by atoms with Crippen LogP contribution in [0.5, 0.6) is 5.75 Å². The summed E-state index contributed by atoms with van der Waals surface area (Å²) in [5.74, 6) is 0.852. The first-order valence-corrected chi connectivity index (χ1v) is 11.3. The summed E-state index contributed by atoms with van der Waals surface area (Å²) < 4.78 is 2.08. The largest absolute Gasteiger partial charge is 0.508 e. The SMILES string of the molecule is O=C(NCc1nccs1)c1nn(CC2CC2)c2c1CN(Cc1cccc(O)c1)CC2. The fourth-order valence-electron chi connectivity index (χ4n) is 4.05. The van der Waals surface area contributed by atoms with Crippen molar-refractivity contribution < 1.29 is 9.90 Å². The normalized spacial score (nSPS) is 16.4. The average Bonchev–Trinajstić information content (AvgIpc) is 3.26. The van der Waals surface area contributed by atoms with Gasteiger partial charge in [-0.15, -0.1) is 11.3 Å². The summed E-state index contributed by atoms with van der Waals surface area (Å²) in [4.78, 5) is 19.5. The second-order valence-electron chi connectivity index (χ2n) is 8.14. The number of hydrogen-bond acceptors (Lipinski definition) is 6. The van der Waals surface area contributed by atoms with Crippen LogP contribution in [-0.4, -0.2) is 37.2 Å². The highest BCUT2D eigenvalue weighted by Crippen LogP contribution is 2.33. The van der Waals surface area contributed by atoms with Gasteiger partial charge in [0.15, 0.2) is 5.69 Å². The van der Waals surface area contributed by atoms with Crippen molar-refractivity contribution in [1.82, 2.24) is 25.0 Å². The number of phenolic OH excluding ortho intramolecular Hbond substituents is 1. The summed E-state index contributed by atoms with van der Waals surface area (Å²) >= 11 is 1.53. The predicted molar refractivity (Wildman–Crippen MR) is 114 cm³/mol. The van der Waals surface area contributed by atoms with Gasteiger partial charge in [0.05, 0.1) is 6.54 Å². The molecule has 3 heterocycles. The fraction of sp³-hybridized carbons (Fsp3) is 0.409. The lowest BCUT2D eigenvalue weighted by Crippen LogP contribution is -2.32. The standard InChI is InChI=1S/C22H25N5O2S/c28-17-3-1-2-16(10-17)12-26-8-6-19-18(14-26)21(25-27(19)13-15-4-5-15)22(29)24-11-20-23-7-9-30-20/h1-3,7,9-10,15,28H,4-6,8,11-14H2,(H,24,29). The number of nitrogens with one attached hydrogen (secondary N) is 1. The van der Waals surface area contributed by atoms with Gasteiger partial charge < -0.3 is 10.4 Å². The van der Waals surface area contributed by atoms with E-state index in [1.165, 1.54) is 29.9 Å². The van der Waals surface area contributed by atoms with E-state index in [1.807, 2.05) is 17.5 Å². The van der Waals surface area contributed by atoms with Gasteiger partial charge in [0.1, 0.15) is 10.8 Å². The van der Waals surface area contributed by atoms with Crippen molar-refractivity contribution in [1.29, 1.82) is 0 Å². The highest BCUT2D eigenvalue weighted by Gasteiger charge is 2.31. The van der Waals surface area contributed by atoms with Crippen molar-refractivity contribution >= 4 is 17.2 Å². The smallest absolute Gasteiger partial charge is 0.272 e. The van der Waals surface area contributed by atoms with Crippen LogP contribution in [0.4, 0.5) is 0 Å². The number of phenols is 1. The van der Waals surface area contributed by atoms with Crippen molar-refractivity contribution in [3.05, 3.63) is 63.4 Å². The Hall–Kier alpha value is -2.71. The van der Waals surface area contributed by atoms with Gasteiger partial charge in [-0.25, -0.2) is 4.98 Å². The van der Waals surface area contributed by atoms with Crippen LogP contribution in [0.25, 0.3) is 0 Å². The molecule has 2 aliphatic rings. The number of carbonyl (C=O) groups excluding carboxylic acids is 1. The number of carbonyl (C=O) groups is 1. The Bertz CT molecular complexity index is 1040. The lowest BCUT2D eigenvalue weighted by Gasteiger charge is -2.27. The zero-order chi connectivity index (χ0) is 20.5. The van der Waals surface area contributed by atoms with Gasteiger partial charge >= 0.3 is 0 Å². The van der Waals surface area contributed by atoms with Gasteiger partial charge in [-0.2, -0.15) is 5.10 Å². The Kier molecular flexibility index (Phi) is 5.26. The quantitative estimate of drug-likeness (QED) is 0.611. The molecule has 1 aromatic carbocycles. The second kappa shape index (κ2) is 8.20. The number of aromatic nitrogens is 3. The molecule has 7 nitrogen and oxygen atoms in total. The van der Waals surface area contributed by atoms with Crippen molar-refractivity contribution in [2.24, 2.45) is 5.92 Å². The van der Waals surface area contributed by atoms with Gasteiger partial charge in [0.25, 0.3) is 5.91 Å². The highest BCUT2D eigenvalue weighted by molar-refractivity contribution is 7.09. The molecule has 1 fully saturated rings. The van der Waals surface area contributed by atoms with E-state index < -0.39 is 0 Å². The summed E-state index contributed by atoms with van der Waals surface area (Å²) in [5, 5.41) is 20.3. The fourth-order valence-corrected chi connectivity index (χ4v) is 4.61. The number of thiazole rings is 1. The van der Waals surface area contributed by atoms with E-state index in [-0.39, 0.29) is 11.7 Å². The van der Waals surface area contributed by atoms with E-state index in [0.717, 1.165) is 42.2 Å². The molecule has 0 bridgehead atoms. The van der Waals surface area contributed by atoms with Crippen LogP contribution in [-0.2, 0) is 32.6 Å². The topological polar surface area (TPSA) is 83.3 Å². The maximum absolute atomic E-state index is 13.0. The van der Waals surface area contributed by atoms with Gasteiger partial charge in [-0.3, -0.25) is 14.4 Å². The van der Waals surface area contributed by atoms with Crippen LogP contribution in [0.3, 0.4) is 0 Å². The van der Waals surface area contributed by atoms with Crippen LogP contribution in [0.2, 0.25) is 0 Å². The number of rotatable bonds is 7. The van der Waals surface area contributed by atoms with E-state index >= 15 is 0 Å². The minimum atomic E-state index is -0.129. The molecule has 156 valence electrons. The Morgan fingerprint density at radius 2 is 2.23 bits per heavy atom. The van der Waals surface area contributed by atoms with E-state index in [0.29, 0.717) is 24.7 Å². The number of nitrogens with zero attached hydrogens (tertiary/aromatic N) is 4. The molecule has 0 saturated heterocycles. The molecule has 1 aliphatic carbocycles. The second-order valence-corrected chi connectivity index (χ2v) is 9.12. The molecule has 1 saturated carbocycles. The first kappa shape index (κ1) is 19.3. The van der Waals surface area contributed by atoms with Crippen LogP contribution in [0, 0.1) is 5.92 Å². The van der Waals surface area contributed by atoms with Crippen molar-refractivity contribution in [2.45, 2.75) is 45.4 Å². The first-order valence-electron chi connectivity index (χ1n) is 10.4. The summed E-state index contributed by atoms with van der Waals surface area (Å²) in [5.41, 5.74) is 3.86. The van der Waals surface area contributed by atoms with E-state index in [2.05, 4.69) is 19.9 Å². The Balaban J connectivity index is 1.36. The molecule has 2 aromatic heterocycles. The Morgan fingerprint density at radius 1 is 1.33 bits per heavy atom. The average molecular weight is 424 g/mol. The van der Waals surface area contributed by atoms with Crippen LogP contribution in [0.1, 0.15) is 45.2 Å². The molecule has 1 amide bonds. The minimum absolute atomic E-state index is 0.129. The van der Waals surface area contributed by atoms with Gasteiger partial charge in [-0.1, -0.05) is 12.1 Å². The first-order chi connectivity index (χ1) is 14.7. The molecule has 0 unspecified atom stereocenters. The number of amides is 1. The third-order valence-electron chi connectivity index (χ3n) is 5.76. The number of benzene rings is 1. The molecule has 30 heavy (non-hydrogen) atoms. The summed E-state index contributed by atoms with van der Waals surface area (Å²) in [6.45, 7) is 3.68. The van der Waals surface area contributed by atoms with E-state index in [4.69, 9.17) is 5.10 Å². The van der Waals surface area contributed by atoms with E-state index in [9.17, 15) is 9.90 Å². The summed E-state index contributed by atoms with van der Waals surface area (Å²) in [6.07, 6.45) is 5.14. The number of hydrogen-bond donors (Lipinski definition) is 2. The lowest BCUT2D eigenvalue weighted by atomic mass is 10.0. The van der Waals surface area contributed by atoms with Gasteiger partial charge in [0.2, 0.25) is 0 Å². The van der Waals surface area contributed by atoms with Gasteiger partial charge in [-0.05, 0) is 36.5 Å². The molecule has 5 rings (SSSR count). The third-order valence-corrected chi connectivity index (χ3v) is 6.54. The third kappa shape index (κ3) is 4.24. The van der Waals surface area contributed by atoms with Crippen LogP contribution >= 0.6 is 11.3 Å². The van der Waals surface area contributed by atoms with Crippen molar-refractivity contribution in [2.75, 3.05) is 6.54 Å². The van der Waals surface area contributed by atoms with E-state index in [1.54, 1.807) is 18.3 Å². The zero-order valence-corrected chi connectivity index (χ0v) is 17.6. The predicted octanol–water partition coefficient (Wildman–Crippen LogP) is 2.94. The molecule has 2 N–H and O–H groups in total. The van der Waals surface area contributed by atoms with Crippen LogP contribution < -0.4 is 5.32 Å². The zero-order valence-electron chi connectivity index (χ0n) is 16.8. The Morgan fingerprint density at radius 3 is 3.00 bits per heavy atom. The molecule has 0 radical (unpaired) electrons. The molecular formula is C22H25N5O2S. The monoisotopic (exact) mass is 423 g/mol. The lowest BCUT2D eigenvalue weighted by molar-refractivity contribution is 0.0942. The van der Waals surface area contributed by atoms with Crippen molar-refractivity contribution in [3.63, 3.8) is 0 Å².